The largest absolute Gasteiger partial charge is 0.493 e. The van der Waals surface area contributed by atoms with Crippen molar-refractivity contribution in [3.05, 3.63) is 48.3 Å². The van der Waals surface area contributed by atoms with Gasteiger partial charge in [0.05, 0.1) is 30.1 Å². The van der Waals surface area contributed by atoms with Crippen molar-refractivity contribution in [2.45, 2.75) is 31.2 Å². The second-order valence-corrected chi connectivity index (χ2v) is 8.93. The Labute approximate surface area is 187 Å². The fraction of sp³-hybridized carbons (Fsp3) is 0.364. The number of methoxy groups -OCH3 is 2. The molecule has 0 bridgehead atoms. The van der Waals surface area contributed by atoms with Crippen LogP contribution in [0.25, 0.3) is 11.0 Å². The van der Waals surface area contributed by atoms with Gasteiger partial charge in [-0.1, -0.05) is 12.1 Å². The lowest BCUT2D eigenvalue weighted by Gasteiger charge is -2.11. The predicted molar refractivity (Wildman–Crippen MR) is 121 cm³/mol. The Hall–Kier alpha value is -3.11. The molecule has 9 nitrogen and oxygen atoms in total. The Morgan fingerprint density at radius 2 is 1.81 bits per heavy atom. The van der Waals surface area contributed by atoms with Crippen LogP contribution in [0.3, 0.4) is 0 Å². The van der Waals surface area contributed by atoms with Gasteiger partial charge in [0.15, 0.2) is 11.5 Å². The fourth-order valence-electron chi connectivity index (χ4n) is 3.40. The first-order chi connectivity index (χ1) is 15.4. The summed E-state index contributed by atoms with van der Waals surface area (Å²) in [6.07, 6.45) is 0.782. The van der Waals surface area contributed by atoms with E-state index in [1.807, 2.05) is 31.2 Å². The number of amides is 1. The third kappa shape index (κ3) is 5.57. The number of fused-ring (bicyclic) bond motifs is 1. The molecule has 10 heteroatoms. The van der Waals surface area contributed by atoms with E-state index in [-0.39, 0.29) is 23.8 Å². The smallest absolute Gasteiger partial charge is 0.240 e. The van der Waals surface area contributed by atoms with Gasteiger partial charge in [-0.3, -0.25) is 4.79 Å². The van der Waals surface area contributed by atoms with Gasteiger partial charge < -0.3 is 19.4 Å². The van der Waals surface area contributed by atoms with Crippen LogP contribution in [0.4, 0.5) is 0 Å². The number of para-hydroxylation sites is 2. The van der Waals surface area contributed by atoms with Crippen molar-refractivity contribution in [1.29, 1.82) is 0 Å². The molecule has 0 aliphatic carbocycles. The van der Waals surface area contributed by atoms with Crippen LogP contribution < -0.4 is 19.5 Å². The molecular weight excluding hydrogens is 432 g/mol. The topological polar surface area (TPSA) is 112 Å². The highest BCUT2D eigenvalue weighted by Gasteiger charge is 2.17. The first-order valence-electron chi connectivity index (χ1n) is 10.3. The third-order valence-electron chi connectivity index (χ3n) is 5.04. The highest BCUT2D eigenvalue weighted by molar-refractivity contribution is 7.89. The number of hydrogen-bond donors (Lipinski definition) is 2. The molecule has 172 valence electrons. The van der Waals surface area contributed by atoms with Crippen molar-refractivity contribution in [1.82, 2.24) is 19.6 Å². The van der Waals surface area contributed by atoms with Crippen molar-refractivity contribution in [3.8, 4) is 11.5 Å². The van der Waals surface area contributed by atoms with Gasteiger partial charge >= 0.3 is 0 Å². The summed E-state index contributed by atoms with van der Waals surface area (Å²) >= 11 is 0. The van der Waals surface area contributed by atoms with Crippen molar-refractivity contribution in [3.63, 3.8) is 0 Å². The molecular formula is C22H28N4O5S. The van der Waals surface area contributed by atoms with E-state index in [9.17, 15) is 13.2 Å². The van der Waals surface area contributed by atoms with E-state index >= 15 is 0 Å². The summed E-state index contributed by atoms with van der Waals surface area (Å²) in [6.45, 7) is 3.18. The van der Waals surface area contributed by atoms with E-state index in [0.29, 0.717) is 18.0 Å². The molecule has 3 rings (SSSR count). The molecule has 1 aromatic heterocycles. The second kappa shape index (κ2) is 10.5. The van der Waals surface area contributed by atoms with E-state index in [4.69, 9.17) is 9.47 Å². The molecule has 0 fully saturated rings. The maximum atomic E-state index is 12.5. The molecule has 32 heavy (non-hydrogen) atoms. The minimum absolute atomic E-state index is 0.00617. The number of nitrogens with zero attached hydrogens (tertiary/aromatic N) is 2. The number of ether oxygens (including phenoxy) is 2. The summed E-state index contributed by atoms with van der Waals surface area (Å²) in [5.41, 5.74) is 2.02. The van der Waals surface area contributed by atoms with Gasteiger partial charge in [-0.15, -0.1) is 0 Å². The number of carbonyl (C=O) groups excluding carboxylic acids is 1. The van der Waals surface area contributed by atoms with Crippen molar-refractivity contribution in [2.24, 2.45) is 0 Å². The van der Waals surface area contributed by atoms with Crippen molar-refractivity contribution in [2.75, 3.05) is 27.3 Å². The average Bonchev–Trinajstić information content (AvgIpc) is 3.11. The maximum Gasteiger partial charge on any atom is 0.240 e. The summed E-state index contributed by atoms with van der Waals surface area (Å²) in [4.78, 5) is 16.7. The monoisotopic (exact) mass is 460 g/mol. The molecule has 2 aromatic carbocycles. The number of aromatic nitrogens is 2. The minimum atomic E-state index is -3.77. The fourth-order valence-corrected chi connectivity index (χ4v) is 4.44. The summed E-state index contributed by atoms with van der Waals surface area (Å²) in [5.74, 6) is 1.47. The Morgan fingerprint density at radius 3 is 2.56 bits per heavy atom. The van der Waals surface area contributed by atoms with Gasteiger partial charge in [0, 0.05) is 32.1 Å². The van der Waals surface area contributed by atoms with Crippen LogP contribution in [-0.2, 0) is 21.4 Å². The number of imidazole rings is 1. The Kier molecular flexibility index (Phi) is 7.70. The van der Waals surface area contributed by atoms with E-state index in [2.05, 4.69) is 19.6 Å². The Balaban J connectivity index is 1.43. The molecule has 1 heterocycles. The summed E-state index contributed by atoms with van der Waals surface area (Å²) < 4.78 is 39.7. The Bertz CT molecular complexity index is 1190. The number of carbonyl (C=O) groups is 1. The third-order valence-corrected chi connectivity index (χ3v) is 6.49. The SMILES string of the molecule is COc1ccc(S(=O)(=O)NCCC(=O)NCCCn2c(C)nc3ccccc32)cc1OC. The molecule has 0 aliphatic heterocycles. The van der Waals surface area contributed by atoms with Gasteiger partial charge in [0.1, 0.15) is 5.82 Å². The van der Waals surface area contributed by atoms with E-state index in [0.717, 1.165) is 29.8 Å². The summed E-state index contributed by atoms with van der Waals surface area (Å²) in [7, 11) is -0.863. The molecule has 0 saturated heterocycles. The zero-order chi connectivity index (χ0) is 23.1. The van der Waals surface area contributed by atoms with Crippen LogP contribution in [0.1, 0.15) is 18.7 Å². The number of nitrogens with one attached hydrogen (secondary N) is 2. The average molecular weight is 461 g/mol. The van der Waals surface area contributed by atoms with Gasteiger partial charge in [-0.25, -0.2) is 18.1 Å². The lowest BCUT2D eigenvalue weighted by atomic mass is 10.3. The minimum Gasteiger partial charge on any atom is -0.493 e. The molecule has 0 atom stereocenters. The van der Waals surface area contributed by atoms with Crippen LogP contribution in [-0.4, -0.2) is 51.2 Å². The van der Waals surface area contributed by atoms with Gasteiger partial charge in [-0.2, -0.15) is 0 Å². The van der Waals surface area contributed by atoms with Crippen LogP contribution in [0.2, 0.25) is 0 Å². The lowest BCUT2D eigenvalue weighted by Crippen LogP contribution is -2.31. The zero-order valence-electron chi connectivity index (χ0n) is 18.4. The zero-order valence-corrected chi connectivity index (χ0v) is 19.2. The molecule has 0 aliphatic rings. The highest BCUT2D eigenvalue weighted by atomic mass is 32.2. The predicted octanol–water partition coefficient (Wildman–Crippen LogP) is 2.24. The molecule has 0 spiro atoms. The number of aryl methyl sites for hydroxylation is 2. The highest BCUT2D eigenvalue weighted by Crippen LogP contribution is 2.29. The molecule has 0 radical (unpaired) electrons. The molecule has 0 saturated carbocycles. The van der Waals surface area contributed by atoms with E-state index < -0.39 is 10.0 Å². The van der Waals surface area contributed by atoms with E-state index in [1.165, 1.54) is 32.4 Å². The van der Waals surface area contributed by atoms with Crippen molar-refractivity contribution < 1.29 is 22.7 Å². The molecule has 2 N–H and O–H groups in total. The number of rotatable bonds is 11. The lowest BCUT2D eigenvalue weighted by molar-refractivity contribution is -0.120. The summed E-state index contributed by atoms with van der Waals surface area (Å²) in [6, 6.07) is 12.3. The van der Waals surface area contributed by atoms with Gasteiger partial charge in [0.2, 0.25) is 15.9 Å². The quantitative estimate of drug-likeness (QED) is 0.425. The standard InChI is InChI=1S/C22H28N4O5S/c1-16-25-18-7-4-5-8-19(18)26(16)14-6-12-23-22(27)11-13-24-32(28,29)17-9-10-20(30-2)21(15-17)31-3/h4-5,7-10,15,24H,6,11-14H2,1-3H3,(H,23,27). The maximum absolute atomic E-state index is 12.5. The molecule has 1 amide bonds. The van der Waals surface area contributed by atoms with Crippen molar-refractivity contribution >= 4 is 27.0 Å². The van der Waals surface area contributed by atoms with Crippen LogP contribution in [0.5, 0.6) is 11.5 Å². The van der Waals surface area contributed by atoms with Crippen LogP contribution >= 0.6 is 0 Å². The second-order valence-electron chi connectivity index (χ2n) is 7.17. The normalized spacial score (nSPS) is 11.5. The first-order valence-corrected chi connectivity index (χ1v) is 11.7. The van der Waals surface area contributed by atoms with E-state index in [1.54, 1.807) is 0 Å². The number of hydrogen-bond acceptors (Lipinski definition) is 6. The van der Waals surface area contributed by atoms with Gasteiger partial charge in [-0.05, 0) is 37.6 Å². The van der Waals surface area contributed by atoms with Gasteiger partial charge in [0.25, 0.3) is 0 Å². The first kappa shape index (κ1) is 23.6. The number of benzene rings is 2. The van der Waals surface area contributed by atoms with Crippen LogP contribution in [0.15, 0.2) is 47.4 Å². The van der Waals surface area contributed by atoms with Crippen LogP contribution in [0, 0.1) is 6.92 Å². The number of sulfonamides is 1. The molecule has 3 aromatic rings. The molecule has 0 unspecified atom stereocenters. The Morgan fingerprint density at radius 1 is 1.06 bits per heavy atom. The summed E-state index contributed by atoms with van der Waals surface area (Å²) in [5, 5.41) is 2.83.